The summed E-state index contributed by atoms with van der Waals surface area (Å²) in [5.41, 5.74) is 0.205. The number of carbonyl (C=O) groups is 3. The van der Waals surface area contributed by atoms with E-state index < -0.39 is 35.6 Å². The zero-order chi connectivity index (χ0) is 30.4. The van der Waals surface area contributed by atoms with Crippen molar-refractivity contribution in [3.63, 3.8) is 0 Å². The molecule has 1 spiro atoms. The number of carbonyl (C=O) groups excluding carboxylic acids is 3. The summed E-state index contributed by atoms with van der Waals surface area (Å²) in [6.45, 7) is 10.4. The lowest BCUT2D eigenvalue weighted by Crippen LogP contribution is -2.57. The minimum atomic E-state index is -1.18. The number of unbranched alkanes of at least 4 members (excludes halogenated alkanes) is 5. The van der Waals surface area contributed by atoms with E-state index >= 15 is 0 Å². The van der Waals surface area contributed by atoms with Crippen LogP contribution in [0.15, 0.2) is 43.5 Å². The second-order valence-corrected chi connectivity index (χ2v) is 13.0. The number of hydrogen-bond donors (Lipinski definition) is 1. The first-order valence-corrected chi connectivity index (χ1v) is 16.2. The van der Waals surface area contributed by atoms with Crippen LogP contribution >= 0.6 is 27.5 Å². The van der Waals surface area contributed by atoms with E-state index in [1.165, 1.54) is 0 Å². The number of benzene rings is 1. The summed E-state index contributed by atoms with van der Waals surface area (Å²) in [7, 11) is 0. The van der Waals surface area contributed by atoms with Crippen LogP contribution in [0.1, 0.15) is 56.9 Å². The lowest BCUT2D eigenvalue weighted by atomic mass is 9.70. The van der Waals surface area contributed by atoms with Gasteiger partial charge in [-0.05, 0) is 57.1 Å². The smallest absolute Gasteiger partial charge is 0.312 e. The number of halogens is 2. The van der Waals surface area contributed by atoms with Crippen LogP contribution in [0.5, 0.6) is 0 Å². The first-order valence-electron chi connectivity index (χ1n) is 14.9. The van der Waals surface area contributed by atoms with Gasteiger partial charge in [0.1, 0.15) is 11.6 Å². The number of amides is 2. The Morgan fingerprint density at radius 3 is 2.67 bits per heavy atom. The number of aryl methyl sites for hydroxylation is 1. The number of alkyl halides is 1. The van der Waals surface area contributed by atoms with Gasteiger partial charge in [-0.3, -0.25) is 14.4 Å². The maximum atomic E-state index is 14.7. The Morgan fingerprint density at radius 1 is 1.21 bits per heavy atom. The number of anilines is 1. The van der Waals surface area contributed by atoms with Crippen molar-refractivity contribution in [2.45, 2.75) is 80.9 Å². The Balaban J connectivity index is 1.69. The monoisotopic (exact) mass is 664 g/mol. The Hall–Kier alpha value is -2.20. The molecule has 3 aliphatic heterocycles. The van der Waals surface area contributed by atoms with E-state index in [0.29, 0.717) is 42.9 Å². The van der Waals surface area contributed by atoms with Crippen molar-refractivity contribution in [2.24, 2.45) is 11.8 Å². The van der Waals surface area contributed by atoms with Gasteiger partial charge >= 0.3 is 5.97 Å². The average molecular weight is 666 g/mol. The van der Waals surface area contributed by atoms with Crippen LogP contribution in [-0.2, 0) is 23.9 Å². The molecule has 3 saturated heterocycles. The van der Waals surface area contributed by atoms with Crippen molar-refractivity contribution in [3.05, 3.63) is 54.1 Å². The topological polar surface area (TPSA) is 96.4 Å². The van der Waals surface area contributed by atoms with Crippen molar-refractivity contribution in [2.75, 3.05) is 31.2 Å². The summed E-state index contributed by atoms with van der Waals surface area (Å²) in [6.07, 6.45) is 8.65. The number of fused-ring (bicyclic) bond motifs is 1. The fourth-order valence-electron chi connectivity index (χ4n) is 6.86. The molecule has 0 radical (unpaired) electrons. The molecule has 230 valence electrons. The van der Waals surface area contributed by atoms with Crippen LogP contribution in [0.3, 0.4) is 0 Å². The third-order valence-corrected chi connectivity index (χ3v) is 9.84. The fraction of sp³-hybridized carbons (Fsp3) is 0.594. The van der Waals surface area contributed by atoms with E-state index in [1.807, 2.05) is 25.1 Å². The van der Waals surface area contributed by atoms with Gasteiger partial charge in [-0.15, -0.1) is 13.2 Å². The SMILES string of the molecule is C=CCCCCOC(=O)[C@H]1[C@@H]2OC3(CC2Br)C(C(=O)N(CC=C)c2c(C)cccc2Cl)N(CCCCCCO)C(=O)[C@H]13. The number of para-hydroxylation sites is 1. The number of hydrogen-bond acceptors (Lipinski definition) is 6. The van der Waals surface area contributed by atoms with E-state index in [4.69, 9.17) is 21.1 Å². The van der Waals surface area contributed by atoms with Gasteiger partial charge in [0.2, 0.25) is 5.91 Å². The molecule has 3 aliphatic rings. The van der Waals surface area contributed by atoms with Gasteiger partial charge in [-0.25, -0.2) is 0 Å². The van der Waals surface area contributed by atoms with E-state index in [0.717, 1.165) is 31.2 Å². The molecule has 0 aromatic heterocycles. The number of aliphatic hydroxyl groups excluding tert-OH is 1. The molecule has 1 aromatic carbocycles. The predicted octanol–water partition coefficient (Wildman–Crippen LogP) is 5.37. The molecule has 42 heavy (non-hydrogen) atoms. The minimum absolute atomic E-state index is 0.113. The van der Waals surface area contributed by atoms with E-state index in [-0.39, 0.29) is 36.4 Å². The number of nitrogens with zero attached hydrogens (tertiary/aromatic N) is 2. The second-order valence-electron chi connectivity index (χ2n) is 11.4. The van der Waals surface area contributed by atoms with Crippen LogP contribution in [0, 0.1) is 18.8 Å². The zero-order valence-electron chi connectivity index (χ0n) is 24.3. The molecule has 4 rings (SSSR count). The number of likely N-dealkylation sites (tertiary alicyclic amines) is 1. The lowest BCUT2D eigenvalue weighted by molar-refractivity contribution is -0.155. The molecule has 1 aromatic rings. The summed E-state index contributed by atoms with van der Waals surface area (Å²) < 4.78 is 12.3. The Bertz CT molecular complexity index is 1160. The molecular weight excluding hydrogens is 624 g/mol. The molecule has 3 unspecified atom stereocenters. The van der Waals surface area contributed by atoms with E-state index in [2.05, 4.69) is 29.1 Å². The first kappa shape index (κ1) is 32.7. The molecule has 6 atom stereocenters. The number of ether oxygens (including phenoxy) is 2. The summed E-state index contributed by atoms with van der Waals surface area (Å²) >= 11 is 10.3. The third-order valence-electron chi connectivity index (χ3n) is 8.69. The Labute approximate surface area is 262 Å². The van der Waals surface area contributed by atoms with E-state index in [9.17, 15) is 19.5 Å². The third kappa shape index (κ3) is 6.21. The van der Waals surface area contributed by atoms with Gasteiger partial charge in [0.05, 0.1) is 35.3 Å². The fourth-order valence-corrected chi connectivity index (χ4v) is 8.13. The molecule has 10 heteroatoms. The maximum Gasteiger partial charge on any atom is 0.312 e. The molecular formula is C32H42BrClN2O6. The summed E-state index contributed by atoms with van der Waals surface area (Å²) in [5, 5.41) is 9.61. The zero-order valence-corrected chi connectivity index (χ0v) is 26.7. The highest BCUT2D eigenvalue weighted by Crippen LogP contribution is 2.60. The number of esters is 1. The van der Waals surface area contributed by atoms with Crippen LogP contribution < -0.4 is 4.90 Å². The summed E-state index contributed by atoms with van der Waals surface area (Å²) in [4.78, 5) is 45.4. The normalized spacial score (nSPS) is 27.7. The second kappa shape index (κ2) is 14.5. The predicted molar refractivity (Wildman–Crippen MR) is 167 cm³/mol. The van der Waals surface area contributed by atoms with Crippen LogP contribution in [0.25, 0.3) is 0 Å². The highest BCUT2D eigenvalue weighted by atomic mass is 79.9. The minimum Gasteiger partial charge on any atom is -0.465 e. The van der Waals surface area contributed by atoms with Gasteiger partial charge in [0, 0.05) is 24.5 Å². The highest BCUT2D eigenvalue weighted by Gasteiger charge is 2.77. The molecule has 1 N–H and O–H groups in total. The summed E-state index contributed by atoms with van der Waals surface area (Å²) in [6, 6.07) is 4.51. The van der Waals surface area contributed by atoms with Crippen molar-refractivity contribution >= 4 is 51.0 Å². The molecule has 8 nitrogen and oxygen atoms in total. The largest absolute Gasteiger partial charge is 0.465 e. The molecule has 2 amide bonds. The lowest BCUT2D eigenvalue weighted by Gasteiger charge is -2.37. The Kier molecular flexibility index (Phi) is 11.3. The maximum absolute atomic E-state index is 14.7. The molecule has 0 aliphatic carbocycles. The Morgan fingerprint density at radius 2 is 1.98 bits per heavy atom. The van der Waals surface area contributed by atoms with Crippen LogP contribution in [-0.4, -0.2) is 76.7 Å². The molecule has 3 heterocycles. The van der Waals surface area contributed by atoms with Crippen molar-refractivity contribution in [1.82, 2.24) is 4.90 Å². The number of aliphatic hydroxyl groups is 1. The van der Waals surface area contributed by atoms with Crippen LogP contribution in [0.2, 0.25) is 5.02 Å². The van der Waals surface area contributed by atoms with Crippen molar-refractivity contribution < 1.29 is 29.0 Å². The average Bonchev–Trinajstić information content (AvgIpc) is 3.55. The van der Waals surface area contributed by atoms with Gasteiger partial charge in [-0.2, -0.15) is 0 Å². The van der Waals surface area contributed by atoms with Crippen molar-refractivity contribution in [3.8, 4) is 0 Å². The van der Waals surface area contributed by atoms with Gasteiger partial charge < -0.3 is 24.4 Å². The number of allylic oxidation sites excluding steroid dienone is 1. The molecule has 0 saturated carbocycles. The number of rotatable bonds is 16. The molecule has 2 bridgehead atoms. The van der Waals surface area contributed by atoms with Crippen molar-refractivity contribution in [1.29, 1.82) is 0 Å². The standard InChI is InChI=1S/C32H42BrClN2O6/c1-4-6-7-12-19-41-31(40)24-25-29(38)36(17-10-8-9-11-18-37)28(32(25)20-22(33)27(24)42-32)30(39)35(16-5-2)26-21(3)14-13-15-23(26)34/h4-5,13-15,22,24-25,27-28,37H,1-2,6-12,16-20H2,3H3/t22?,24-,25+,27-,28?,32?/m1/s1. The molecule has 3 fully saturated rings. The summed E-state index contributed by atoms with van der Waals surface area (Å²) in [5.74, 6) is -2.64. The first-order chi connectivity index (χ1) is 20.2. The quantitative estimate of drug-likeness (QED) is 0.111. The van der Waals surface area contributed by atoms with Gasteiger partial charge in [0.25, 0.3) is 5.91 Å². The van der Waals surface area contributed by atoms with Crippen LogP contribution in [0.4, 0.5) is 5.69 Å². The van der Waals surface area contributed by atoms with Gasteiger partial charge in [0.15, 0.2) is 0 Å². The van der Waals surface area contributed by atoms with Gasteiger partial charge in [-0.1, -0.05) is 64.7 Å². The highest BCUT2D eigenvalue weighted by molar-refractivity contribution is 9.09. The van der Waals surface area contributed by atoms with E-state index in [1.54, 1.807) is 21.9 Å².